The minimum atomic E-state index is -3.75. The van der Waals surface area contributed by atoms with Gasteiger partial charge in [-0.3, -0.25) is 4.40 Å². The Hall–Kier alpha value is -2.78. The zero-order chi connectivity index (χ0) is 19.5. The molecule has 1 saturated carbocycles. The van der Waals surface area contributed by atoms with Crippen molar-refractivity contribution in [2.24, 2.45) is 5.73 Å². The van der Waals surface area contributed by atoms with E-state index < -0.39 is 10.0 Å². The summed E-state index contributed by atoms with van der Waals surface area (Å²) in [5, 5.41) is 8.59. The quantitative estimate of drug-likeness (QED) is 0.569. The van der Waals surface area contributed by atoms with Crippen LogP contribution in [0.5, 0.6) is 0 Å². The summed E-state index contributed by atoms with van der Waals surface area (Å²) in [7, 11) is -3.75. The smallest absolute Gasteiger partial charge is 0.269 e. The van der Waals surface area contributed by atoms with Crippen LogP contribution in [-0.2, 0) is 10.0 Å². The standard InChI is InChI=1S/C19H20N6O2S/c1-12-2-6-15(7-3-12)28(26,27)24-9-8-16-19(24)21-11-17-22-23-18(25(16)17)13-4-5-14(20)10-13/h2-3,6-9,11,13-14H,4-5,10,20H2,1H3/t13-,14-/m1/s1. The fourth-order valence-corrected chi connectivity index (χ4v) is 5.28. The number of fused-ring (bicyclic) bond motifs is 3. The van der Waals surface area contributed by atoms with Crippen molar-refractivity contribution < 1.29 is 8.42 Å². The Morgan fingerprint density at radius 1 is 1.11 bits per heavy atom. The van der Waals surface area contributed by atoms with Crippen molar-refractivity contribution in [1.29, 1.82) is 0 Å². The number of aromatic nitrogens is 5. The van der Waals surface area contributed by atoms with Crippen LogP contribution in [0.1, 0.15) is 36.6 Å². The van der Waals surface area contributed by atoms with Gasteiger partial charge in [-0.05, 0) is 44.4 Å². The van der Waals surface area contributed by atoms with Gasteiger partial charge in [-0.25, -0.2) is 17.4 Å². The highest BCUT2D eigenvalue weighted by Gasteiger charge is 2.29. The van der Waals surface area contributed by atoms with Crippen LogP contribution in [0.2, 0.25) is 0 Å². The van der Waals surface area contributed by atoms with Crippen molar-refractivity contribution in [2.45, 2.75) is 43.0 Å². The summed E-state index contributed by atoms with van der Waals surface area (Å²) in [6.45, 7) is 1.92. The Morgan fingerprint density at radius 3 is 2.61 bits per heavy atom. The van der Waals surface area contributed by atoms with Crippen molar-refractivity contribution in [1.82, 2.24) is 23.6 Å². The lowest BCUT2D eigenvalue weighted by Crippen LogP contribution is -2.15. The third-order valence-electron chi connectivity index (χ3n) is 5.48. The second-order valence-corrected chi connectivity index (χ2v) is 9.23. The monoisotopic (exact) mass is 396 g/mol. The van der Waals surface area contributed by atoms with Gasteiger partial charge in [0.25, 0.3) is 10.0 Å². The molecule has 2 atom stereocenters. The summed E-state index contributed by atoms with van der Waals surface area (Å²) < 4.78 is 29.4. The average molecular weight is 396 g/mol. The molecule has 0 radical (unpaired) electrons. The van der Waals surface area contributed by atoms with Gasteiger partial charge in [-0.15, -0.1) is 10.2 Å². The topological polar surface area (TPSA) is 108 Å². The second-order valence-electron chi connectivity index (χ2n) is 7.42. The molecule has 144 valence electrons. The van der Waals surface area contributed by atoms with Gasteiger partial charge in [-0.1, -0.05) is 17.7 Å². The molecule has 3 heterocycles. The van der Waals surface area contributed by atoms with Crippen molar-refractivity contribution in [3.63, 3.8) is 0 Å². The Balaban J connectivity index is 1.69. The Morgan fingerprint density at radius 2 is 1.89 bits per heavy atom. The van der Waals surface area contributed by atoms with E-state index in [0.717, 1.165) is 30.7 Å². The van der Waals surface area contributed by atoms with E-state index >= 15 is 0 Å². The van der Waals surface area contributed by atoms with Gasteiger partial charge in [0.05, 0.1) is 16.6 Å². The lowest BCUT2D eigenvalue weighted by Gasteiger charge is -2.10. The molecule has 0 unspecified atom stereocenters. The van der Waals surface area contributed by atoms with E-state index in [2.05, 4.69) is 15.2 Å². The molecule has 1 fully saturated rings. The molecule has 1 aliphatic rings. The zero-order valence-corrected chi connectivity index (χ0v) is 16.2. The summed E-state index contributed by atoms with van der Waals surface area (Å²) in [6, 6.07) is 8.71. The number of benzene rings is 1. The molecule has 0 bridgehead atoms. The fraction of sp³-hybridized carbons (Fsp3) is 0.316. The van der Waals surface area contributed by atoms with E-state index in [1.165, 1.54) is 10.2 Å². The fourth-order valence-electron chi connectivity index (χ4n) is 3.99. The largest absolute Gasteiger partial charge is 0.328 e. The predicted octanol–water partition coefficient (Wildman–Crippen LogP) is 2.22. The minimum Gasteiger partial charge on any atom is -0.328 e. The third kappa shape index (κ3) is 2.54. The molecule has 1 aromatic carbocycles. The highest BCUT2D eigenvalue weighted by molar-refractivity contribution is 7.90. The maximum Gasteiger partial charge on any atom is 0.269 e. The van der Waals surface area contributed by atoms with Crippen LogP contribution in [0.15, 0.2) is 47.6 Å². The van der Waals surface area contributed by atoms with Gasteiger partial charge in [0.1, 0.15) is 5.82 Å². The molecule has 0 spiro atoms. The molecule has 3 aromatic heterocycles. The SMILES string of the molecule is Cc1ccc(S(=O)(=O)n2ccc3c2ncc2nnc([C@@H]4CC[C@@H](N)C4)n23)cc1. The molecule has 5 rings (SSSR count). The Labute approximate surface area is 162 Å². The minimum absolute atomic E-state index is 0.168. The van der Waals surface area contributed by atoms with Crippen molar-refractivity contribution in [3.8, 4) is 0 Å². The highest BCUT2D eigenvalue weighted by atomic mass is 32.2. The number of hydrogen-bond donors (Lipinski definition) is 1. The molecule has 28 heavy (non-hydrogen) atoms. The molecule has 4 aromatic rings. The van der Waals surface area contributed by atoms with Crippen LogP contribution in [0.25, 0.3) is 16.8 Å². The van der Waals surface area contributed by atoms with E-state index in [4.69, 9.17) is 5.73 Å². The molecule has 2 N–H and O–H groups in total. The number of aryl methyl sites for hydroxylation is 1. The summed E-state index contributed by atoms with van der Waals surface area (Å²) >= 11 is 0. The van der Waals surface area contributed by atoms with Crippen LogP contribution in [0, 0.1) is 6.92 Å². The van der Waals surface area contributed by atoms with Crippen molar-refractivity contribution in [3.05, 3.63) is 54.1 Å². The van der Waals surface area contributed by atoms with E-state index in [1.54, 1.807) is 36.5 Å². The first-order valence-electron chi connectivity index (χ1n) is 9.24. The average Bonchev–Trinajstić information content (AvgIpc) is 3.38. The summed E-state index contributed by atoms with van der Waals surface area (Å²) in [5.41, 5.74) is 8.71. The third-order valence-corrected chi connectivity index (χ3v) is 7.16. The summed E-state index contributed by atoms with van der Waals surface area (Å²) in [4.78, 5) is 4.59. The number of rotatable bonds is 3. The Kier molecular flexibility index (Phi) is 3.78. The molecule has 9 heteroatoms. The summed E-state index contributed by atoms with van der Waals surface area (Å²) in [6.07, 6.45) is 5.86. The molecule has 0 amide bonds. The van der Waals surface area contributed by atoms with Crippen LogP contribution < -0.4 is 5.73 Å². The van der Waals surface area contributed by atoms with E-state index in [1.807, 2.05) is 11.3 Å². The van der Waals surface area contributed by atoms with Gasteiger partial charge in [0.15, 0.2) is 11.3 Å². The van der Waals surface area contributed by atoms with Gasteiger partial charge in [0, 0.05) is 18.2 Å². The first-order valence-corrected chi connectivity index (χ1v) is 10.7. The number of hydrogen-bond acceptors (Lipinski definition) is 6. The Bertz CT molecular complexity index is 1290. The zero-order valence-electron chi connectivity index (χ0n) is 15.4. The van der Waals surface area contributed by atoms with E-state index in [-0.39, 0.29) is 16.9 Å². The predicted molar refractivity (Wildman–Crippen MR) is 105 cm³/mol. The van der Waals surface area contributed by atoms with Gasteiger partial charge >= 0.3 is 0 Å². The van der Waals surface area contributed by atoms with Gasteiger partial charge in [0.2, 0.25) is 0 Å². The van der Waals surface area contributed by atoms with Crippen molar-refractivity contribution >= 4 is 26.8 Å². The van der Waals surface area contributed by atoms with Crippen LogP contribution in [-0.4, -0.2) is 38.0 Å². The molecular weight excluding hydrogens is 376 g/mol. The number of nitrogens with two attached hydrogens (primary N) is 1. The van der Waals surface area contributed by atoms with Gasteiger partial charge in [-0.2, -0.15) is 0 Å². The van der Waals surface area contributed by atoms with Crippen LogP contribution >= 0.6 is 0 Å². The van der Waals surface area contributed by atoms with E-state index in [0.29, 0.717) is 16.8 Å². The normalized spacial score (nSPS) is 20.4. The van der Waals surface area contributed by atoms with Gasteiger partial charge < -0.3 is 5.73 Å². The maximum atomic E-state index is 13.1. The molecule has 0 aliphatic heterocycles. The first-order chi connectivity index (χ1) is 13.4. The van der Waals surface area contributed by atoms with Crippen molar-refractivity contribution in [2.75, 3.05) is 0 Å². The molecular formula is C19H20N6O2S. The first kappa shape index (κ1) is 17.3. The van der Waals surface area contributed by atoms with Crippen LogP contribution in [0.3, 0.4) is 0 Å². The number of nitrogens with zero attached hydrogens (tertiary/aromatic N) is 5. The maximum absolute atomic E-state index is 13.1. The van der Waals surface area contributed by atoms with E-state index in [9.17, 15) is 8.42 Å². The summed E-state index contributed by atoms with van der Waals surface area (Å²) in [5.74, 6) is 1.04. The molecule has 1 aliphatic carbocycles. The molecule has 0 saturated heterocycles. The highest BCUT2D eigenvalue weighted by Crippen LogP contribution is 2.34. The van der Waals surface area contributed by atoms with Crippen LogP contribution in [0.4, 0.5) is 0 Å². The lowest BCUT2D eigenvalue weighted by atomic mass is 10.1. The second kappa shape index (κ2) is 6.11. The lowest BCUT2D eigenvalue weighted by molar-refractivity contribution is 0.588. The molecule has 8 nitrogen and oxygen atoms in total.